The molecule has 32 heavy (non-hydrogen) atoms. The Balaban J connectivity index is 1.48. The molecular weight excluding hydrogens is 428 g/mol. The number of thiophene rings is 1. The number of hydrogen-bond donors (Lipinski definition) is 2. The zero-order valence-corrected chi connectivity index (χ0v) is 18.7. The predicted octanol–water partition coefficient (Wildman–Crippen LogP) is 2.52. The van der Waals surface area contributed by atoms with E-state index in [-0.39, 0.29) is 11.8 Å². The van der Waals surface area contributed by atoms with E-state index < -0.39 is 11.8 Å². The molecule has 8 nitrogen and oxygen atoms in total. The number of aromatic nitrogens is 1. The van der Waals surface area contributed by atoms with Crippen LogP contribution in [0.25, 0.3) is 21.5 Å². The maximum absolute atomic E-state index is 12.2. The molecule has 4 rings (SSSR count). The Morgan fingerprint density at radius 3 is 2.94 bits per heavy atom. The second kappa shape index (κ2) is 10.1. The maximum atomic E-state index is 12.2. The van der Waals surface area contributed by atoms with Crippen molar-refractivity contribution in [2.75, 3.05) is 26.3 Å². The molecule has 0 aliphatic carbocycles. The lowest BCUT2D eigenvalue weighted by Gasteiger charge is -2.26. The van der Waals surface area contributed by atoms with E-state index in [2.05, 4.69) is 16.7 Å². The number of nitrogens with zero attached hydrogens (tertiary/aromatic N) is 2. The Kier molecular flexibility index (Phi) is 7.05. The van der Waals surface area contributed by atoms with Crippen molar-refractivity contribution in [1.29, 1.82) is 5.26 Å². The topological polar surface area (TPSA) is 109 Å². The molecule has 1 fully saturated rings. The van der Waals surface area contributed by atoms with Gasteiger partial charge in [-0.1, -0.05) is 6.92 Å². The standard InChI is InChI=1S/C23H26N4O4S/c1-2-8-30-9-7-27-19-10-15(3-5-20(19)31-23(27)29)21-6-4-18(32-21)11-17(12-24)26-22(28)16-13-25-14-16/h3-6,10,16-17,25H,2,7-9,11,13-14H2,1H3,(H,26,28)/t17-/m0/s1. The van der Waals surface area contributed by atoms with Crippen LogP contribution >= 0.6 is 11.3 Å². The summed E-state index contributed by atoms with van der Waals surface area (Å²) >= 11 is 1.57. The van der Waals surface area contributed by atoms with Crippen LogP contribution in [-0.2, 0) is 22.5 Å². The van der Waals surface area contributed by atoms with Crippen molar-refractivity contribution in [3.63, 3.8) is 0 Å². The lowest BCUT2D eigenvalue weighted by atomic mass is 10.0. The van der Waals surface area contributed by atoms with Gasteiger partial charge in [-0.15, -0.1) is 11.3 Å². The molecule has 1 atom stereocenters. The number of benzene rings is 1. The first-order chi connectivity index (χ1) is 15.6. The molecule has 0 bridgehead atoms. The summed E-state index contributed by atoms with van der Waals surface area (Å²) in [7, 11) is 0. The molecule has 3 aromatic rings. The SMILES string of the molecule is CCCOCCn1c(=O)oc2ccc(-c3ccc(C[C@@H](C#N)NC(=O)C4CNC4)s3)cc21. The van der Waals surface area contributed by atoms with Crippen molar-refractivity contribution >= 4 is 28.3 Å². The minimum atomic E-state index is -0.556. The van der Waals surface area contributed by atoms with Crippen LogP contribution < -0.4 is 16.4 Å². The highest BCUT2D eigenvalue weighted by atomic mass is 32.1. The number of amides is 1. The quantitative estimate of drug-likeness (QED) is 0.456. The van der Waals surface area contributed by atoms with Crippen molar-refractivity contribution in [1.82, 2.24) is 15.2 Å². The average molecular weight is 455 g/mol. The molecule has 1 aliphatic heterocycles. The van der Waals surface area contributed by atoms with Gasteiger partial charge in [-0.25, -0.2) is 4.79 Å². The van der Waals surface area contributed by atoms with Gasteiger partial charge in [0, 0.05) is 35.9 Å². The lowest BCUT2D eigenvalue weighted by Crippen LogP contribution is -2.52. The minimum Gasteiger partial charge on any atom is -0.408 e. The van der Waals surface area contributed by atoms with Crippen molar-refractivity contribution in [3.8, 4) is 16.5 Å². The number of fused-ring (bicyclic) bond motifs is 1. The van der Waals surface area contributed by atoms with E-state index in [1.54, 1.807) is 22.0 Å². The zero-order chi connectivity index (χ0) is 22.5. The number of carbonyl (C=O) groups is 1. The van der Waals surface area contributed by atoms with Gasteiger partial charge < -0.3 is 19.8 Å². The summed E-state index contributed by atoms with van der Waals surface area (Å²) in [5.74, 6) is -0.506. The van der Waals surface area contributed by atoms with Gasteiger partial charge in [-0.2, -0.15) is 5.26 Å². The summed E-state index contributed by atoms with van der Waals surface area (Å²) in [4.78, 5) is 26.4. The number of oxazole rings is 1. The van der Waals surface area contributed by atoms with Gasteiger partial charge in [-0.3, -0.25) is 9.36 Å². The zero-order valence-electron chi connectivity index (χ0n) is 17.9. The number of nitrogens with one attached hydrogen (secondary N) is 2. The third-order valence-corrected chi connectivity index (χ3v) is 6.61. The molecule has 9 heteroatoms. The Labute approximate surface area is 189 Å². The van der Waals surface area contributed by atoms with E-state index in [0.717, 1.165) is 27.3 Å². The van der Waals surface area contributed by atoms with Gasteiger partial charge in [0.15, 0.2) is 5.58 Å². The Morgan fingerprint density at radius 1 is 1.38 bits per heavy atom. The van der Waals surface area contributed by atoms with E-state index in [9.17, 15) is 14.9 Å². The average Bonchev–Trinajstić information content (AvgIpc) is 3.33. The summed E-state index contributed by atoms with van der Waals surface area (Å²) in [6.45, 7) is 4.92. The van der Waals surface area contributed by atoms with Crippen molar-refractivity contribution in [2.24, 2.45) is 5.92 Å². The van der Waals surface area contributed by atoms with Crippen LogP contribution in [0.15, 0.2) is 39.5 Å². The monoisotopic (exact) mass is 454 g/mol. The minimum absolute atomic E-state index is 0.0450. The fourth-order valence-electron chi connectivity index (χ4n) is 3.57. The molecule has 3 heterocycles. The molecule has 168 valence electrons. The smallest absolute Gasteiger partial charge is 0.408 e. The lowest BCUT2D eigenvalue weighted by molar-refractivity contribution is -0.126. The van der Waals surface area contributed by atoms with Gasteiger partial charge in [0.1, 0.15) is 6.04 Å². The molecule has 1 amide bonds. The van der Waals surface area contributed by atoms with Crippen LogP contribution in [0.4, 0.5) is 0 Å². The number of nitriles is 1. The molecule has 0 spiro atoms. The highest BCUT2D eigenvalue weighted by molar-refractivity contribution is 7.15. The molecule has 1 aromatic carbocycles. The van der Waals surface area contributed by atoms with Gasteiger partial charge in [0.25, 0.3) is 0 Å². The largest absolute Gasteiger partial charge is 0.420 e. The molecule has 1 saturated heterocycles. The number of ether oxygens (including phenoxy) is 1. The molecule has 0 unspecified atom stereocenters. The van der Waals surface area contributed by atoms with Crippen LogP contribution in [0.5, 0.6) is 0 Å². The van der Waals surface area contributed by atoms with Gasteiger partial charge in [-0.05, 0) is 42.3 Å². The first-order valence-corrected chi connectivity index (χ1v) is 11.6. The van der Waals surface area contributed by atoms with Crippen LogP contribution in [0.1, 0.15) is 18.2 Å². The molecule has 2 aromatic heterocycles. The van der Waals surface area contributed by atoms with Crippen molar-refractivity contribution in [3.05, 3.63) is 45.8 Å². The number of rotatable bonds is 10. The van der Waals surface area contributed by atoms with E-state index in [0.29, 0.717) is 44.9 Å². The maximum Gasteiger partial charge on any atom is 0.420 e. The van der Waals surface area contributed by atoms with E-state index in [1.165, 1.54) is 0 Å². The van der Waals surface area contributed by atoms with Gasteiger partial charge in [0.05, 0.1) is 30.7 Å². The second-order valence-corrected chi connectivity index (χ2v) is 9.00. The number of hydrogen-bond acceptors (Lipinski definition) is 7. The van der Waals surface area contributed by atoms with Gasteiger partial charge >= 0.3 is 5.76 Å². The van der Waals surface area contributed by atoms with Crippen molar-refractivity contribution < 1.29 is 13.9 Å². The Morgan fingerprint density at radius 2 is 2.22 bits per heavy atom. The summed E-state index contributed by atoms with van der Waals surface area (Å²) < 4.78 is 12.5. The fourth-order valence-corrected chi connectivity index (χ4v) is 4.62. The first-order valence-electron chi connectivity index (χ1n) is 10.8. The van der Waals surface area contributed by atoms with E-state index in [1.807, 2.05) is 31.2 Å². The van der Waals surface area contributed by atoms with Gasteiger partial charge in [0.2, 0.25) is 5.91 Å². The molecular formula is C23H26N4O4S. The first kappa shape index (κ1) is 22.3. The summed E-state index contributed by atoms with van der Waals surface area (Å²) in [5, 5.41) is 15.4. The van der Waals surface area contributed by atoms with Crippen LogP contribution in [0, 0.1) is 17.2 Å². The fraction of sp³-hybridized carbons (Fsp3) is 0.435. The Hall–Kier alpha value is -2.93. The molecule has 2 N–H and O–H groups in total. The normalized spacial score (nSPS) is 14.8. The van der Waals surface area contributed by atoms with Crippen LogP contribution in [-0.4, -0.2) is 42.8 Å². The van der Waals surface area contributed by atoms with Crippen molar-refractivity contribution in [2.45, 2.75) is 32.4 Å². The third kappa shape index (κ3) is 4.93. The predicted molar refractivity (Wildman–Crippen MR) is 123 cm³/mol. The highest BCUT2D eigenvalue weighted by Crippen LogP contribution is 2.31. The highest BCUT2D eigenvalue weighted by Gasteiger charge is 2.26. The summed E-state index contributed by atoms with van der Waals surface area (Å²) in [6.07, 6.45) is 1.39. The van der Waals surface area contributed by atoms with Crippen LogP contribution in [0.3, 0.4) is 0 Å². The summed E-state index contributed by atoms with van der Waals surface area (Å²) in [5.41, 5.74) is 2.25. The third-order valence-electron chi connectivity index (χ3n) is 5.45. The molecule has 0 radical (unpaired) electrons. The molecule has 0 saturated carbocycles. The number of carbonyl (C=O) groups excluding carboxylic acids is 1. The summed E-state index contributed by atoms with van der Waals surface area (Å²) in [6, 6.07) is 11.3. The Bertz CT molecular complexity index is 1180. The van der Waals surface area contributed by atoms with E-state index >= 15 is 0 Å². The molecule has 1 aliphatic rings. The van der Waals surface area contributed by atoms with Crippen LogP contribution in [0.2, 0.25) is 0 Å². The second-order valence-electron chi connectivity index (χ2n) is 7.83. The van der Waals surface area contributed by atoms with E-state index in [4.69, 9.17) is 9.15 Å².